The molecule has 0 aliphatic rings. The molecule has 2 amide bonds. The summed E-state index contributed by atoms with van der Waals surface area (Å²) in [7, 11) is 1.71. The SMILES string of the molecule is CCCCNC(=O)N(C)c1ccccn1. The lowest BCUT2D eigenvalue weighted by Crippen LogP contribution is -2.38. The number of pyridine rings is 1. The number of rotatable bonds is 4. The van der Waals surface area contributed by atoms with Crippen LogP contribution < -0.4 is 10.2 Å². The van der Waals surface area contributed by atoms with Crippen molar-refractivity contribution in [1.82, 2.24) is 10.3 Å². The molecule has 82 valence electrons. The average Bonchev–Trinajstić information content (AvgIpc) is 2.29. The molecule has 1 aromatic heterocycles. The van der Waals surface area contributed by atoms with E-state index in [2.05, 4.69) is 17.2 Å². The van der Waals surface area contributed by atoms with Crippen LogP contribution in [-0.2, 0) is 0 Å². The molecule has 0 saturated carbocycles. The fourth-order valence-corrected chi connectivity index (χ4v) is 1.15. The van der Waals surface area contributed by atoms with Crippen molar-refractivity contribution in [1.29, 1.82) is 0 Å². The Balaban J connectivity index is 2.46. The van der Waals surface area contributed by atoms with Crippen LogP contribution in [0.15, 0.2) is 24.4 Å². The van der Waals surface area contributed by atoms with E-state index in [-0.39, 0.29) is 6.03 Å². The molecule has 0 fully saturated rings. The van der Waals surface area contributed by atoms with Gasteiger partial charge >= 0.3 is 6.03 Å². The van der Waals surface area contributed by atoms with Gasteiger partial charge in [-0.3, -0.25) is 4.90 Å². The van der Waals surface area contributed by atoms with Crippen molar-refractivity contribution in [3.63, 3.8) is 0 Å². The fourth-order valence-electron chi connectivity index (χ4n) is 1.15. The molecule has 15 heavy (non-hydrogen) atoms. The van der Waals surface area contributed by atoms with Gasteiger partial charge in [0.2, 0.25) is 0 Å². The highest BCUT2D eigenvalue weighted by Crippen LogP contribution is 2.06. The van der Waals surface area contributed by atoms with Crippen LogP contribution in [0.3, 0.4) is 0 Å². The predicted molar refractivity (Wildman–Crippen MR) is 60.9 cm³/mol. The number of hydrogen-bond acceptors (Lipinski definition) is 2. The summed E-state index contributed by atoms with van der Waals surface area (Å²) in [5.41, 5.74) is 0. The van der Waals surface area contributed by atoms with Crippen LogP contribution in [0.25, 0.3) is 0 Å². The Bertz CT molecular complexity index is 300. The van der Waals surface area contributed by atoms with Gasteiger partial charge in [-0.2, -0.15) is 0 Å². The van der Waals surface area contributed by atoms with Gasteiger partial charge in [0, 0.05) is 19.8 Å². The summed E-state index contributed by atoms with van der Waals surface area (Å²) in [5.74, 6) is 0.659. The van der Waals surface area contributed by atoms with Crippen LogP contribution in [0.1, 0.15) is 19.8 Å². The number of hydrogen-bond donors (Lipinski definition) is 1. The van der Waals surface area contributed by atoms with Crippen LogP contribution in [0.2, 0.25) is 0 Å². The third-order valence-electron chi connectivity index (χ3n) is 2.10. The Morgan fingerprint density at radius 2 is 2.33 bits per heavy atom. The minimum atomic E-state index is -0.109. The van der Waals surface area contributed by atoms with Crippen molar-refractivity contribution in [2.75, 3.05) is 18.5 Å². The van der Waals surface area contributed by atoms with E-state index in [4.69, 9.17) is 0 Å². The monoisotopic (exact) mass is 207 g/mol. The standard InChI is InChI=1S/C11H17N3O/c1-3-4-8-13-11(15)14(2)10-7-5-6-9-12-10/h5-7,9H,3-4,8H2,1-2H3,(H,13,15). The molecule has 1 rings (SSSR count). The first-order valence-corrected chi connectivity index (χ1v) is 5.18. The van der Waals surface area contributed by atoms with E-state index in [9.17, 15) is 4.79 Å². The van der Waals surface area contributed by atoms with Gasteiger partial charge in [-0.05, 0) is 18.6 Å². The maximum Gasteiger partial charge on any atom is 0.322 e. The van der Waals surface area contributed by atoms with Gasteiger partial charge in [0.05, 0.1) is 0 Å². The first-order chi connectivity index (χ1) is 7.25. The molecule has 0 unspecified atom stereocenters. The number of urea groups is 1. The number of anilines is 1. The van der Waals surface area contributed by atoms with E-state index < -0.39 is 0 Å². The topological polar surface area (TPSA) is 45.2 Å². The summed E-state index contributed by atoms with van der Waals surface area (Å²) in [6.07, 6.45) is 3.75. The van der Waals surface area contributed by atoms with Gasteiger partial charge in [0.25, 0.3) is 0 Å². The lowest BCUT2D eigenvalue weighted by molar-refractivity contribution is 0.247. The summed E-state index contributed by atoms with van der Waals surface area (Å²) in [6, 6.07) is 5.38. The molecular formula is C11H17N3O. The fraction of sp³-hybridized carbons (Fsp3) is 0.455. The minimum absolute atomic E-state index is 0.109. The summed E-state index contributed by atoms with van der Waals surface area (Å²) < 4.78 is 0. The first-order valence-electron chi connectivity index (χ1n) is 5.18. The molecular weight excluding hydrogens is 190 g/mol. The molecule has 0 aliphatic carbocycles. The van der Waals surface area contributed by atoms with E-state index in [0.29, 0.717) is 12.4 Å². The Hall–Kier alpha value is -1.58. The molecule has 0 aliphatic heterocycles. The molecule has 1 heterocycles. The second-order valence-corrected chi connectivity index (χ2v) is 3.33. The number of aromatic nitrogens is 1. The lowest BCUT2D eigenvalue weighted by Gasteiger charge is -2.16. The third kappa shape index (κ3) is 3.58. The molecule has 1 N–H and O–H groups in total. The average molecular weight is 207 g/mol. The van der Waals surface area contributed by atoms with Crippen LogP contribution >= 0.6 is 0 Å². The number of nitrogens with one attached hydrogen (secondary N) is 1. The van der Waals surface area contributed by atoms with Gasteiger partial charge in [-0.25, -0.2) is 9.78 Å². The number of unbranched alkanes of at least 4 members (excludes halogenated alkanes) is 1. The molecule has 0 radical (unpaired) electrons. The van der Waals surface area contributed by atoms with Gasteiger partial charge in [0.1, 0.15) is 5.82 Å². The number of carbonyl (C=O) groups is 1. The molecule has 0 aromatic carbocycles. The molecule has 4 nitrogen and oxygen atoms in total. The Morgan fingerprint density at radius 1 is 1.53 bits per heavy atom. The van der Waals surface area contributed by atoms with Crippen LogP contribution in [0.5, 0.6) is 0 Å². The van der Waals surface area contributed by atoms with Gasteiger partial charge < -0.3 is 5.32 Å². The van der Waals surface area contributed by atoms with Crippen LogP contribution in [0.4, 0.5) is 10.6 Å². The molecule has 0 atom stereocenters. The summed E-state index contributed by atoms with van der Waals surface area (Å²) >= 11 is 0. The van der Waals surface area contributed by atoms with E-state index in [1.54, 1.807) is 19.3 Å². The van der Waals surface area contributed by atoms with Crippen molar-refractivity contribution >= 4 is 11.8 Å². The van der Waals surface area contributed by atoms with Crippen LogP contribution in [0, 0.1) is 0 Å². The van der Waals surface area contributed by atoms with Crippen molar-refractivity contribution in [2.24, 2.45) is 0 Å². The van der Waals surface area contributed by atoms with Crippen molar-refractivity contribution in [3.8, 4) is 0 Å². The zero-order valence-corrected chi connectivity index (χ0v) is 9.23. The third-order valence-corrected chi connectivity index (χ3v) is 2.10. The lowest BCUT2D eigenvalue weighted by atomic mass is 10.3. The van der Waals surface area contributed by atoms with Crippen molar-refractivity contribution < 1.29 is 4.79 Å². The molecule has 0 saturated heterocycles. The Labute approximate surface area is 90.3 Å². The van der Waals surface area contributed by atoms with Crippen molar-refractivity contribution in [3.05, 3.63) is 24.4 Å². The van der Waals surface area contributed by atoms with E-state index in [0.717, 1.165) is 12.8 Å². The molecule has 4 heteroatoms. The summed E-state index contributed by atoms with van der Waals surface area (Å²) in [4.78, 5) is 17.2. The summed E-state index contributed by atoms with van der Waals surface area (Å²) in [6.45, 7) is 2.81. The highest BCUT2D eigenvalue weighted by molar-refractivity contribution is 5.90. The van der Waals surface area contributed by atoms with E-state index in [1.165, 1.54) is 4.90 Å². The molecule has 1 aromatic rings. The van der Waals surface area contributed by atoms with Gasteiger partial charge in [-0.15, -0.1) is 0 Å². The Kier molecular flexibility index (Phi) is 4.60. The van der Waals surface area contributed by atoms with Crippen molar-refractivity contribution in [2.45, 2.75) is 19.8 Å². The van der Waals surface area contributed by atoms with Crippen LogP contribution in [-0.4, -0.2) is 24.6 Å². The quantitative estimate of drug-likeness (QED) is 0.768. The van der Waals surface area contributed by atoms with E-state index in [1.807, 2.05) is 12.1 Å². The second-order valence-electron chi connectivity index (χ2n) is 3.33. The smallest absolute Gasteiger partial charge is 0.322 e. The summed E-state index contributed by atoms with van der Waals surface area (Å²) in [5, 5.41) is 2.83. The number of carbonyl (C=O) groups excluding carboxylic acids is 1. The maximum absolute atomic E-state index is 11.6. The van der Waals surface area contributed by atoms with E-state index >= 15 is 0 Å². The van der Waals surface area contributed by atoms with Gasteiger partial charge in [-0.1, -0.05) is 19.4 Å². The minimum Gasteiger partial charge on any atom is -0.338 e. The second kappa shape index (κ2) is 6.01. The number of nitrogens with zero attached hydrogens (tertiary/aromatic N) is 2. The Morgan fingerprint density at radius 3 is 2.93 bits per heavy atom. The predicted octanol–water partition coefficient (Wildman–Crippen LogP) is 2.03. The highest BCUT2D eigenvalue weighted by Gasteiger charge is 2.09. The number of amides is 2. The highest BCUT2D eigenvalue weighted by atomic mass is 16.2. The zero-order chi connectivity index (χ0) is 11.1. The molecule has 0 bridgehead atoms. The largest absolute Gasteiger partial charge is 0.338 e. The first kappa shape index (κ1) is 11.5. The normalized spacial score (nSPS) is 9.73. The zero-order valence-electron chi connectivity index (χ0n) is 9.23. The molecule has 0 spiro atoms. The van der Waals surface area contributed by atoms with Gasteiger partial charge in [0.15, 0.2) is 0 Å². The maximum atomic E-state index is 11.6.